The first kappa shape index (κ1) is 14.4. The van der Waals surface area contributed by atoms with Crippen LogP contribution in [-0.4, -0.2) is 24.7 Å². The fraction of sp³-hybridized carbons (Fsp3) is 0.462. The van der Waals surface area contributed by atoms with Crippen molar-refractivity contribution in [2.24, 2.45) is 5.92 Å². The molecule has 0 saturated carbocycles. The minimum absolute atomic E-state index is 0.197. The summed E-state index contributed by atoms with van der Waals surface area (Å²) in [6.07, 6.45) is 0. The number of halogens is 1. The highest BCUT2D eigenvalue weighted by atomic mass is 19.1. The molecule has 18 heavy (non-hydrogen) atoms. The average molecular weight is 255 g/mol. The molecule has 0 aromatic heterocycles. The number of carbonyl (C=O) groups is 1. The van der Waals surface area contributed by atoms with Crippen LogP contribution < -0.4 is 10.1 Å². The molecule has 0 aliphatic carbocycles. The molecule has 0 bridgehead atoms. The molecule has 1 aromatic carbocycles. The van der Waals surface area contributed by atoms with E-state index in [1.54, 1.807) is 19.9 Å². The van der Waals surface area contributed by atoms with Gasteiger partial charge in [0.25, 0.3) is 0 Å². The first-order chi connectivity index (χ1) is 8.47. The molecule has 0 aliphatic heterocycles. The van der Waals surface area contributed by atoms with E-state index in [1.807, 2.05) is 0 Å². The number of methoxy groups -OCH3 is 1. The van der Waals surface area contributed by atoms with Crippen molar-refractivity contribution in [3.63, 3.8) is 0 Å². The minimum Gasteiger partial charge on any atom is -0.497 e. The standard InChI is InChI=1S/C13H18FNO3/c1-8(2)13(17)15-12(7-16)9-4-10(14)6-11(5-9)18-3/h4-6,8,12,16H,7H2,1-3H3,(H,15,17)/t12-/m1/s1. The third kappa shape index (κ3) is 3.70. The van der Waals surface area contributed by atoms with Crippen LogP contribution in [0.3, 0.4) is 0 Å². The Kier molecular flexibility index (Phi) is 5.09. The van der Waals surface area contributed by atoms with E-state index < -0.39 is 11.9 Å². The molecule has 5 heteroatoms. The third-order valence-corrected chi connectivity index (χ3v) is 2.56. The SMILES string of the molecule is COc1cc(F)cc([C@@H](CO)NC(=O)C(C)C)c1. The van der Waals surface area contributed by atoms with Crippen molar-refractivity contribution in [2.45, 2.75) is 19.9 Å². The van der Waals surface area contributed by atoms with E-state index in [4.69, 9.17) is 4.74 Å². The van der Waals surface area contributed by atoms with E-state index in [0.717, 1.165) is 0 Å². The smallest absolute Gasteiger partial charge is 0.223 e. The van der Waals surface area contributed by atoms with E-state index in [-0.39, 0.29) is 18.4 Å². The van der Waals surface area contributed by atoms with E-state index >= 15 is 0 Å². The van der Waals surface area contributed by atoms with Crippen molar-refractivity contribution in [3.05, 3.63) is 29.6 Å². The summed E-state index contributed by atoms with van der Waals surface area (Å²) in [4.78, 5) is 11.6. The van der Waals surface area contributed by atoms with Crippen molar-refractivity contribution in [2.75, 3.05) is 13.7 Å². The average Bonchev–Trinajstić information content (AvgIpc) is 2.34. The van der Waals surface area contributed by atoms with Crippen LogP contribution in [0.1, 0.15) is 25.5 Å². The lowest BCUT2D eigenvalue weighted by Crippen LogP contribution is -2.33. The third-order valence-electron chi connectivity index (χ3n) is 2.56. The number of amides is 1. The minimum atomic E-state index is -0.635. The summed E-state index contributed by atoms with van der Waals surface area (Å²) in [5.41, 5.74) is 0.475. The number of benzene rings is 1. The summed E-state index contributed by atoms with van der Waals surface area (Å²) < 4.78 is 18.3. The topological polar surface area (TPSA) is 58.6 Å². The molecule has 0 heterocycles. The summed E-state index contributed by atoms with van der Waals surface area (Å²) in [6.45, 7) is 3.19. The molecule has 2 N–H and O–H groups in total. The fourth-order valence-corrected chi connectivity index (χ4v) is 1.48. The first-order valence-electron chi connectivity index (χ1n) is 5.73. The van der Waals surface area contributed by atoms with Crippen LogP contribution in [0.5, 0.6) is 5.75 Å². The molecule has 0 unspecified atom stereocenters. The number of aliphatic hydroxyl groups is 1. The van der Waals surface area contributed by atoms with Crippen LogP contribution in [0.25, 0.3) is 0 Å². The van der Waals surface area contributed by atoms with Crippen LogP contribution in [0.4, 0.5) is 4.39 Å². The van der Waals surface area contributed by atoms with Gasteiger partial charge in [0.2, 0.25) is 5.91 Å². The van der Waals surface area contributed by atoms with Crippen LogP contribution in [0, 0.1) is 11.7 Å². The van der Waals surface area contributed by atoms with E-state index in [9.17, 15) is 14.3 Å². The number of carbonyl (C=O) groups excluding carboxylic acids is 1. The van der Waals surface area contributed by atoms with E-state index in [2.05, 4.69) is 5.32 Å². The quantitative estimate of drug-likeness (QED) is 0.841. The van der Waals surface area contributed by atoms with Crippen molar-refractivity contribution < 1.29 is 19.0 Å². The molecule has 1 amide bonds. The monoisotopic (exact) mass is 255 g/mol. The van der Waals surface area contributed by atoms with Crippen molar-refractivity contribution >= 4 is 5.91 Å². The van der Waals surface area contributed by atoms with Crippen molar-refractivity contribution in [1.29, 1.82) is 0 Å². The summed E-state index contributed by atoms with van der Waals surface area (Å²) in [6, 6.07) is 3.46. The van der Waals surface area contributed by atoms with Crippen LogP contribution in [0.15, 0.2) is 18.2 Å². The molecule has 0 aliphatic rings. The molecule has 1 aromatic rings. The summed E-state index contributed by atoms with van der Waals surface area (Å²) in [5.74, 6) is -0.518. The van der Waals surface area contributed by atoms with Gasteiger partial charge >= 0.3 is 0 Å². The second kappa shape index (κ2) is 6.35. The van der Waals surface area contributed by atoms with Gasteiger partial charge in [0.15, 0.2) is 0 Å². The van der Waals surface area contributed by atoms with Crippen LogP contribution in [-0.2, 0) is 4.79 Å². The van der Waals surface area contributed by atoms with Gasteiger partial charge in [-0.3, -0.25) is 4.79 Å². The number of hydrogen-bond donors (Lipinski definition) is 2. The number of nitrogens with one attached hydrogen (secondary N) is 1. The number of ether oxygens (including phenoxy) is 1. The Morgan fingerprint density at radius 2 is 2.11 bits per heavy atom. The predicted molar refractivity (Wildman–Crippen MR) is 65.8 cm³/mol. The van der Waals surface area contributed by atoms with E-state index in [1.165, 1.54) is 19.2 Å². The van der Waals surface area contributed by atoms with Gasteiger partial charge in [-0.15, -0.1) is 0 Å². The fourth-order valence-electron chi connectivity index (χ4n) is 1.48. The predicted octanol–water partition coefficient (Wildman–Crippen LogP) is 1.64. The highest BCUT2D eigenvalue weighted by Gasteiger charge is 2.17. The van der Waals surface area contributed by atoms with Gasteiger partial charge in [0.1, 0.15) is 11.6 Å². The maximum atomic E-state index is 13.3. The molecule has 0 saturated heterocycles. The zero-order valence-corrected chi connectivity index (χ0v) is 10.7. The molecule has 0 spiro atoms. The number of rotatable bonds is 5. The van der Waals surface area contributed by atoms with Gasteiger partial charge in [-0.1, -0.05) is 13.8 Å². The molecule has 100 valence electrons. The Balaban J connectivity index is 2.94. The Morgan fingerprint density at radius 1 is 1.44 bits per heavy atom. The summed E-state index contributed by atoms with van der Waals surface area (Å²) >= 11 is 0. The first-order valence-corrected chi connectivity index (χ1v) is 5.73. The normalized spacial score (nSPS) is 12.3. The van der Waals surface area contributed by atoms with Crippen LogP contribution >= 0.6 is 0 Å². The van der Waals surface area contributed by atoms with Gasteiger partial charge in [0, 0.05) is 12.0 Å². The Hall–Kier alpha value is -1.62. The second-order valence-electron chi connectivity index (χ2n) is 4.32. The number of aliphatic hydroxyl groups excluding tert-OH is 1. The Morgan fingerprint density at radius 3 is 2.61 bits per heavy atom. The van der Waals surface area contributed by atoms with Gasteiger partial charge in [-0.25, -0.2) is 4.39 Å². The summed E-state index contributed by atoms with van der Waals surface area (Å²) in [7, 11) is 1.43. The molecule has 1 atom stereocenters. The van der Waals surface area contributed by atoms with Gasteiger partial charge < -0.3 is 15.2 Å². The van der Waals surface area contributed by atoms with Crippen molar-refractivity contribution in [3.8, 4) is 5.75 Å². The maximum absolute atomic E-state index is 13.3. The lowest BCUT2D eigenvalue weighted by atomic mass is 10.1. The lowest BCUT2D eigenvalue weighted by Gasteiger charge is -2.19. The van der Waals surface area contributed by atoms with E-state index in [0.29, 0.717) is 11.3 Å². The molecular weight excluding hydrogens is 237 g/mol. The largest absolute Gasteiger partial charge is 0.497 e. The highest BCUT2D eigenvalue weighted by molar-refractivity contribution is 5.78. The molecule has 0 radical (unpaired) electrons. The summed E-state index contributed by atoms with van der Waals surface area (Å²) in [5, 5.41) is 11.9. The Bertz CT molecular complexity index is 421. The molecule has 1 rings (SSSR count). The highest BCUT2D eigenvalue weighted by Crippen LogP contribution is 2.21. The molecule has 4 nitrogen and oxygen atoms in total. The van der Waals surface area contributed by atoms with Crippen LogP contribution in [0.2, 0.25) is 0 Å². The van der Waals surface area contributed by atoms with Gasteiger partial charge in [-0.05, 0) is 17.7 Å². The van der Waals surface area contributed by atoms with Gasteiger partial charge in [-0.2, -0.15) is 0 Å². The van der Waals surface area contributed by atoms with Crippen molar-refractivity contribution in [1.82, 2.24) is 5.32 Å². The number of hydrogen-bond acceptors (Lipinski definition) is 3. The zero-order valence-electron chi connectivity index (χ0n) is 10.7. The molecule has 0 fully saturated rings. The maximum Gasteiger partial charge on any atom is 0.223 e. The van der Waals surface area contributed by atoms with Gasteiger partial charge in [0.05, 0.1) is 19.8 Å². The Labute approximate surface area is 106 Å². The zero-order chi connectivity index (χ0) is 13.7. The molecular formula is C13H18FNO3. The second-order valence-corrected chi connectivity index (χ2v) is 4.32. The lowest BCUT2D eigenvalue weighted by molar-refractivity contribution is -0.125.